The van der Waals surface area contributed by atoms with Crippen LogP contribution < -0.4 is 4.90 Å². The van der Waals surface area contributed by atoms with Crippen molar-refractivity contribution in [3.8, 4) is 0 Å². The summed E-state index contributed by atoms with van der Waals surface area (Å²) < 4.78 is 0. The predicted molar refractivity (Wildman–Crippen MR) is 131 cm³/mol. The fraction of sp³-hybridized carbons (Fsp3) is 0.103. The summed E-state index contributed by atoms with van der Waals surface area (Å²) in [6.45, 7) is 3.91. The van der Waals surface area contributed by atoms with Gasteiger partial charge in [-0.1, -0.05) is 78.4 Å². The highest BCUT2D eigenvalue weighted by Gasteiger charge is 2.47. The molecule has 4 aromatic rings. The summed E-state index contributed by atoms with van der Waals surface area (Å²) in [4.78, 5) is 28.1. The zero-order valence-corrected chi connectivity index (χ0v) is 18.4. The molecular formula is C29H23NO3. The molecule has 1 fully saturated rings. The average molecular weight is 434 g/mol. The summed E-state index contributed by atoms with van der Waals surface area (Å²) in [6, 6.07) is 27.8. The Morgan fingerprint density at radius 1 is 0.758 bits per heavy atom. The number of fused-ring (bicyclic) bond motifs is 1. The molecule has 162 valence electrons. The number of anilines is 1. The third-order valence-corrected chi connectivity index (χ3v) is 6.11. The van der Waals surface area contributed by atoms with Gasteiger partial charge >= 0.3 is 0 Å². The van der Waals surface area contributed by atoms with Gasteiger partial charge in [0.2, 0.25) is 0 Å². The van der Waals surface area contributed by atoms with Crippen LogP contribution in [0.3, 0.4) is 0 Å². The van der Waals surface area contributed by atoms with Crippen LogP contribution in [0, 0.1) is 13.8 Å². The maximum Gasteiger partial charge on any atom is 0.300 e. The molecule has 1 atom stereocenters. The first-order chi connectivity index (χ1) is 15.9. The SMILES string of the molecule is Cc1cccc(C2/C(=C(/O)c3ccc4ccccc4c3)C(=O)C(=O)N2c2cccc(C)c2)c1. The van der Waals surface area contributed by atoms with Crippen LogP contribution in [0.25, 0.3) is 16.5 Å². The van der Waals surface area contributed by atoms with Gasteiger partial charge in [0.25, 0.3) is 11.7 Å². The van der Waals surface area contributed by atoms with E-state index >= 15 is 0 Å². The topological polar surface area (TPSA) is 57.6 Å². The first-order valence-corrected chi connectivity index (χ1v) is 10.9. The monoisotopic (exact) mass is 433 g/mol. The molecule has 1 aliphatic heterocycles. The summed E-state index contributed by atoms with van der Waals surface area (Å²) in [5, 5.41) is 13.3. The van der Waals surface area contributed by atoms with E-state index in [0.717, 1.165) is 27.5 Å². The Morgan fingerprint density at radius 2 is 1.45 bits per heavy atom. The van der Waals surface area contributed by atoms with Crippen molar-refractivity contribution < 1.29 is 14.7 Å². The highest BCUT2D eigenvalue weighted by atomic mass is 16.3. The summed E-state index contributed by atoms with van der Waals surface area (Å²) in [6.07, 6.45) is 0. The van der Waals surface area contributed by atoms with Crippen LogP contribution in [-0.2, 0) is 9.59 Å². The summed E-state index contributed by atoms with van der Waals surface area (Å²) in [5.74, 6) is -1.50. The fourth-order valence-electron chi connectivity index (χ4n) is 4.52. The van der Waals surface area contributed by atoms with Gasteiger partial charge in [0.1, 0.15) is 5.76 Å². The van der Waals surface area contributed by atoms with E-state index < -0.39 is 17.7 Å². The molecule has 1 N–H and O–H groups in total. The zero-order valence-electron chi connectivity index (χ0n) is 18.4. The quantitative estimate of drug-likeness (QED) is 0.242. The lowest BCUT2D eigenvalue weighted by molar-refractivity contribution is -0.132. The molecule has 0 radical (unpaired) electrons. The molecule has 4 nitrogen and oxygen atoms in total. The number of rotatable bonds is 3. The van der Waals surface area contributed by atoms with Crippen molar-refractivity contribution in [3.05, 3.63) is 119 Å². The van der Waals surface area contributed by atoms with Crippen molar-refractivity contribution in [1.82, 2.24) is 0 Å². The summed E-state index contributed by atoms with van der Waals surface area (Å²) in [7, 11) is 0. The van der Waals surface area contributed by atoms with Crippen LogP contribution >= 0.6 is 0 Å². The van der Waals surface area contributed by atoms with Crippen LogP contribution in [0.2, 0.25) is 0 Å². The number of benzene rings is 4. The third kappa shape index (κ3) is 3.60. The molecule has 1 heterocycles. The van der Waals surface area contributed by atoms with Gasteiger partial charge in [0.15, 0.2) is 0 Å². The lowest BCUT2D eigenvalue weighted by Gasteiger charge is -2.26. The molecule has 1 amide bonds. The van der Waals surface area contributed by atoms with E-state index in [1.165, 1.54) is 4.90 Å². The predicted octanol–water partition coefficient (Wildman–Crippen LogP) is 6.08. The van der Waals surface area contributed by atoms with Crippen molar-refractivity contribution >= 4 is 33.9 Å². The molecule has 0 bridgehead atoms. The Labute approximate surface area is 192 Å². The molecule has 1 saturated heterocycles. The Kier molecular flexibility index (Phi) is 5.06. The van der Waals surface area contributed by atoms with Crippen LogP contribution in [0.15, 0.2) is 96.6 Å². The van der Waals surface area contributed by atoms with Crippen LogP contribution in [-0.4, -0.2) is 16.8 Å². The second-order valence-corrected chi connectivity index (χ2v) is 8.48. The number of aliphatic hydroxyl groups is 1. The van der Waals surface area contributed by atoms with E-state index in [9.17, 15) is 14.7 Å². The number of nitrogens with zero attached hydrogens (tertiary/aromatic N) is 1. The number of aliphatic hydroxyl groups excluding tert-OH is 1. The third-order valence-electron chi connectivity index (χ3n) is 6.11. The normalized spacial score (nSPS) is 17.6. The minimum Gasteiger partial charge on any atom is -0.507 e. The van der Waals surface area contributed by atoms with Crippen molar-refractivity contribution in [2.24, 2.45) is 0 Å². The molecule has 33 heavy (non-hydrogen) atoms. The van der Waals surface area contributed by atoms with Crippen molar-refractivity contribution in [3.63, 3.8) is 0 Å². The van der Waals surface area contributed by atoms with Crippen molar-refractivity contribution in [1.29, 1.82) is 0 Å². The highest BCUT2D eigenvalue weighted by molar-refractivity contribution is 6.51. The van der Waals surface area contributed by atoms with E-state index in [0.29, 0.717) is 11.3 Å². The summed E-state index contributed by atoms with van der Waals surface area (Å²) in [5.41, 5.74) is 4.00. The molecular weight excluding hydrogens is 410 g/mol. The largest absolute Gasteiger partial charge is 0.507 e. The molecule has 1 unspecified atom stereocenters. The number of Topliss-reactive ketones (excluding diaryl/α,β-unsaturated/α-hetero) is 1. The molecule has 4 heteroatoms. The Morgan fingerprint density at radius 3 is 2.18 bits per heavy atom. The summed E-state index contributed by atoms with van der Waals surface area (Å²) >= 11 is 0. The van der Waals surface area contributed by atoms with Crippen LogP contribution in [0.5, 0.6) is 0 Å². The molecule has 0 saturated carbocycles. The van der Waals surface area contributed by atoms with Gasteiger partial charge in [0, 0.05) is 11.3 Å². The standard InChI is InChI=1S/C29H23NO3/c1-18-7-5-11-22(15-18)26-25(27(31)23-14-13-20-9-3-4-10-21(20)17-23)28(32)29(33)30(26)24-12-6-8-19(2)16-24/h3-17,26,31H,1-2H3/b27-25-. The Hall–Kier alpha value is -4.18. The van der Waals surface area contributed by atoms with Crippen LogP contribution in [0.1, 0.15) is 28.3 Å². The highest BCUT2D eigenvalue weighted by Crippen LogP contribution is 2.42. The first kappa shape index (κ1) is 20.7. The van der Waals surface area contributed by atoms with Crippen molar-refractivity contribution in [2.75, 3.05) is 4.90 Å². The van der Waals surface area contributed by atoms with E-state index in [-0.39, 0.29) is 11.3 Å². The second kappa shape index (κ2) is 8.06. The maximum absolute atomic E-state index is 13.3. The molecule has 0 aromatic heterocycles. The Balaban J connectivity index is 1.74. The number of aryl methyl sites for hydroxylation is 2. The van der Waals surface area contributed by atoms with Crippen LogP contribution in [0.4, 0.5) is 5.69 Å². The Bertz CT molecular complexity index is 1450. The smallest absolute Gasteiger partial charge is 0.300 e. The van der Waals surface area contributed by atoms with Gasteiger partial charge in [-0.3, -0.25) is 14.5 Å². The zero-order chi connectivity index (χ0) is 23.1. The number of hydrogen-bond donors (Lipinski definition) is 1. The van der Waals surface area contributed by atoms with Gasteiger partial charge in [0.05, 0.1) is 11.6 Å². The van der Waals surface area contributed by atoms with Gasteiger partial charge in [-0.15, -0.1) is 0 Å². The number of hydrogen-bond acceptors (Lipinski definition) is 3. The van der Waals surface area contributed by atoms with Gasteiger partial charge in [-0.05, 0) is 53.9 Å². The molecule has 0 aliphatic carbocycles. The first-order valence-electron chi connectivity index (χ1n) is 10.9. The van der Waals surface area contributed by atoms with E-state index in [1.807, 2.05) is 98.8 Å². The number of carbonyl (C=O) groups excluding carboxylic acids is 2. The number of carbonyl (C=O) groups is 2. The van der Waals surface area contributed by atoms with Gasteiger partial charge in [-0.2, -0.15) is 0 Å². The maximum atomic E-state index is 13.3. The van der Waals surface area contributed by atoms with E-state index in [2.05, 4.69) is 0 Å². The molecule has 0 spiro atoms. The van der Waals surface area contributed by atoms with E-state index in [4.69, 9.17) is 0 Å². The minimum atomic E-state index is -0.724. The lowest BCUT2D eigenvalue weighted by Crippen LogP contribution is -2.29. The molecule has 4 aromatic carbocycles. The molecule has 1 aliphatic rings. The van der Waals surface area contributed by atoms with Gasteiger partial charge in [-0.25, -0.2) is 0 Å². The van der Waals surface area contributed by atoms with Gasteiger partial charge < -0.3 is 5.11 Å². The van der Waals surface area contributed by atoms with E-state index in [1.54, 1.807) is 6.07 Å². The minimum absolute atomic E-state index is 0.0994. The fourth-order valence-corrected chi connectivity index (χ4v) is 4.52. The lowest BCUT2D eigenvalue weighted by atomic mass is 9.93. The number of amides is 1. The second-order valence-electron chi connectivity index (χ2n) is 8.48. The van der Waals surface area contributed by atoms with Crippen molar-refractivity contribution in [2.45, 2.75) is 19.9 Å². The molecule has 5 rings (SSSR count). The average Bonchev–Trinajstić information content (AvgIpc) is 3.09. The number of ketones is 1.